The number of piperidine rings is 1. The molecule has 0 aromatic heterocycles. The van der Waals surface area contributed by atoms with Gasteiger partial charge in [0, 0.05) is 19.1 Å². The van der Waals surface area contributed by atoms with Gasteiger partial charge in [0.1, 0.15) is 0 Å². The highest BCUT2D eigenvalue weighted by Crippen LogP contribution is 2.18. The fourth-order valence-electron chi connectivity index (χ4n) is 2.72. The minimum atomic E-state index is -3.39. The lowest BCUT2D eigenvalue weighted by Crippen LogP contribution is -2.48. The molecule has 1 aliphatic heterocycles. The molecule has 0 saturated carbocycles. The van der Waals surface area contributed by atoms with Crippen LogP contribution in [-0.4, -0.2) is 38.4 Å². The van der Waals surface area contributed by atoms with Gasteiger partial charge in [-0.25, -0.2) is 0 Å². The van der Waals surface area contributed by atoms with Gasteiger partial charge in [-0.1, -0.05) is 30.3 Å². The molecule has 0 amide bonds. The number of hydrogen-bond donors (Lipinski definition) is 2. The third-order valence-corrected chi connectivity index (χ3v) is 5.73. The van der Waals surface area contributed by atoms with Gasteiger partial charge in [-0.3, -0.25) is 0 Å². The molecule has 118 valence electrons. The van der Waals surface area contributed by atoms with Gasteiger partial charge >= 0.3 is 0 Å². The van der Waals surface area contributed by atoms with Crippen LogP contribution in [0, 0.1) is 5.92 Å². The van der Waals surface area contributed by atoms with Crippen LogP contribution in [0.4, 0.5) is 0 Å². The predicted octanol–water partition coefficient (Wildman–Crippen LogP) is 1.12. The first kappa shape index (κ1) is 16.4. The summed E-state index contributed by atoms with van der Waals surface area (Å²) in [5.41, 5.74) is 6.77. The monoisotopic (exact) mass is 311 g/mol. The molecule has 1 unspecified atom stereocenters. The van der Waals surface area contributed by atoms with Crippen molar-refractivity contribution in [2.75, 3.05) is 19.6 Å². The average Bonchev–Trinajstić information content (AvgIpc) is 2.47. The Bertz CT molecular complexity index is 525. The minimum absolute atomic E-state index is 0.121. The molecule has 5 nitrogen and oxygen atoms in total. The minimum Gasteiger partial charge on any atom is -0.330 e. The van der Waals surface area contributed by atoms with Gasteiger partial charge in [0.25, 0.3) is 10.2 Å². The van der Waals surface area contributed by atoms with Crippen LogP contribution in [0.3, 0.4) is 0 Å². The number of nitrogens with two attached hydrogens (primary N) is 1. The predicted molar refractivity (Wildman–Crippen MR) is 85.0 cm³/mol. The summed E-state index contributed by atoms with van der Waals surface area (Å²) in [6, 6.07) is 9.79. The van der Waals surface area contributed by atoms with E-state index in [0.717, 1.165) is 18.4 Å². The Morgan fingerprint density at radius 3 is 2.48 bits per heavy atom. The van der Waals surface area contributed by atoms with E-state index >= 15 is 0 Å². The second kappa shape index (κ2) is 7.35. The summed E-state index contributed by atoms with van der Waals surface area (Å²) in [6.45, 7) is 3.67. The smallest absolute Gasteiger partial charge is 0.279 e. The molecule has 1 heterocycles. The van der Waals surface area contributed by atoms with Crippen molar-refractivity contribution in [3.63, 3.8) is 0 Å². The fraction of sp³-hybridized carbons (Fsp3) is 0.600. The number of hydrogen-bond acceptors (Lipinski definition) is 3. The highest BCUT2D eigenvalue weighted by molar-refractivity contribution is 7.87. The molecule has 1 aliphatic rings. The highest BCUT2D eigenvalue weighted by atomic mass is 32.2. The van der Waals surface area contributed by atoms with Gasteiger partial charge in [0.2, 0.25) is 0 Å². The van der Waals surface area contributed by atoms with E-state index in [1.54, 1.807) is 4.31 Å². The lowest BCUT2D eigenvalue weighted by molar-refractivity contribution is 0.274. The summed E-state index contributed by atoms with van der Waals surface area (Å²) in [4.78, 5) is 0. The van der Waals surface area contributed by atoms with E-state index in [0.29, 0.717) is 32.0 Å². The largest absolute Gasteiger partial charge is 0.330 e. The highest BCUT2D eigenvalue weighted by Gasteiger charge is 2.28. The van der Waals surface area contributed by atoms with E-state index in [1.165, 1.54) is 0 Å². The molecule has 2 rings (SSSR count). The van der Waals surface area contributed by atoms with Crippen LogP contribution in [0.1, 0.15) is 25.3 Å². The number of nitrogens with one attached hydrogen (secondary N) is 1. The standard InChI is InChI=1S/C15H25N3O2S/c1-13(11-14-5-3-2-4-6-14)17-21(19,20)18-9-7-15(12-16)8-10-18/h2-6,13,15,17H,7-12,16H2,1H3. The second-order valence-electron chi connectivity index (χ2n) is 5.79. The van der Waals surface area contributed by atoms with Crippen LogP contribution in [0.5, 0.6) is 0 Å². The molecular weight excluding hydrogens is 286 g/mol. The maximum Gasteiger partial charge on any atom is 0.279 e. The van der Waals surface area contributed by atoms with Gasteiger partial charge < -0.3 is 5.73 Å². The van der Waals surface area contributed by atoms with Crippen molar-refractivity contribution in [2.45, 2.75) is 32.2 Å². The second-order valence-corrected chi connectivity index (χ2v) is 7.49. The summed E-state index contributed by atoms with van der Waals surface area (Å²) in [5.74, 6) is 0.457. The van der Waals surface area contributed by atoms with E-state index < -0.39 is 10.2 Å². The van der Waals surface area contributed by atoms with Gasteiger partial charge in [0.15, 0.2) is 0 Å². The fourth-order valence-corrected chi connectivity index (χ4v) is 4.16. The van der Waals surface area contributed by atoms with E-state index in [2.05, 4.69) is 4.72 Å². The van der Waals surface area contributed by atoms with Gasteiger partial charge in [-0.05, 0) is 44.2 Å². The molecule has 1 saturated heterocycles. The Kier molecular flexibility index (Phi) is 5.75. The zero-order valence-electron chi connectivity index (χ0n) is 12.5. The lowest BCUT2D eigenvalue weighted by Gasteiger charge is -2.31. The quantitative estimate of drug-likeness (QED) is 0.827. The summed E-state index contributed by atoms with van der Waals surface area (Å²) in [7, 11) is -3.39. The molecule has 0 spiro atoms. The Labute approximate surface area is 127 Å². The molecule has 1 fully saturated rings. The van der Waals surface area contributed by atoms with Crippen LogP contribution in [0.15, 0.2) is 30.3 Å². The van der Waals surface area contributed by atoms with E-state index in [9.17, 15) is 8.42 Å². The average molecular weight is 311 g/mol. The van der Waals surface area contributed by atoms with Crippen LogP contribution >= 0.6 is 0 Å². The summed E-state index contributed by atoms with van der Waals surface area (Å²) in [6.07, 6.45) is 2.40. The van der Waals surface area contributed by atoms with Crippen molar-refractivity contribution in [1.82, 2.24) is 9.03 Å². The van der Waals surface area contributed by atoms with Crippen molar-refractivity contribution in [3.8, 4) is 0 Å². The number of rotatable bonds is 6. The first-order chi connectivity index (χ1) is 10.0. The summed E-state index contributed by atoms with van der Waals surface area (Å²) >= 11 is 0. The zero-order chi connectivity index (χ0) is 15.3. The van der Waals surface area contributed by atoms with E-state index in [1.807, 2.05) is 37.3 Å². The van der Waals surface area contributed by atoms with Crippen molar-refractivity contribution < 1.29 is 8.42 Å². The van der Waals surface area contributed by atoms with Crippen LogP contribution < -0.4 is 10.5 Å². The van der Waals surface area contributed by atoms with Crippen molar-refractivity contribution >= 4 is 10.2 Å². The van der Waals surface area contributed by atoms with Crippen LogP contribution in [0.2, 0.25) is 0 Å². The normalized spacial score (nSPS) is 19.5. The Balaban J connectivity index is 1.89. The maximum absolute atomic E-state index is 12.4. The molecule has 6 heteroatoms. The number of benzene rings is 1. The third kappa shape index (κ3) is 4.78. The first-order valence-corrected chi connectivity index (χ1v) is 8.96. The molecule has 0 bridgehead atoms. The molecule has 1 atom stereocenters. The molecule has 0 aliphatic carbocycles. The maximum atomic E-state index is 12.4. The van der Waals surface area contributed by atoms with Crippen LogP contribution in [0.25, 0.3) is 0 Å². The van der Waals surface area contributed by atoms with Gasteiger partial charge in [0.05, 0.1) is 0 Å². The molecule has 21 heavy (non-hydrogen) atoms. The van der Waals surface area contributed by atoms with Crippen LogP contribution in [-0.2, 0) is 16.6 Å². The van der Waals surface area contributed by atoms with Gasteiger partial charge in [-0.2, -0.15) is 17.4 Å². The van der Waals surface area contributed by atoms with Crippen molar-refractivity contribution in [1.29, 1.82) is 0 Å². The molecular formula is C15H25N3O2S. The Morgan fingerprint density at radius 2 is 1.90 bits per heavy atom. The SMILES string of the molecule is CC(Cc1ccccc1)NS(=O)(=O)N1CCC(CN)CC1. The first-order valence-electron chi connectivity index (χ1n) is 7.52. The molecule has 0 radical (unpaired) electrons. The lowest BCUT2D eigenvalue weighted by atomic mass is 9.99. The molecule has 3 N–H and O–H groups in total. The van der Waals surface area contributed by atoms with E-state index in [-0.39, 0.29) is 6.04 Å². The third-order valence-electron chi connectivity index (χ3n) is 3.98. The Morgan fingerprint density at radius 1 is 1.29 bits per heavy atom. The van der Waals surface area contributed by atoms with E-state index in [4.69, 9.17) is 5.73 Å². The molecule has 1 aromatic carbocycles. The Hall–Kier alpha value is -0.950. The van der Waals surface area contributed by atoms with Crippen molar-refractivity contribution in [3.05, 3.63) is 35.9 Å². The zero-order valence-corrected chi connectivity index (χ0v) is 13.3. The van der Waals surface area contributed by atoms with Gasteiger partial charge in [-0.15, -0.1) is 0 Å². The van der Waals surface area contributed by atoms with Crippen molar-refractivity contribution in [2.24, 2.45) is 11.7 Å². The molecule has 1 aromatic rings. The number of nitrogens with zero attached hydrogens (tertiary/aromatic N) is 1. The topological polar surface area (TPSA) is 75.4 Å². The summed E-state index contributed by atoms with van der Waals surface area (Å²) < 4.78 is 29.0. The summed E-state index contributed by atoms with van der Waals surface area (Å²) in [5, 5.41) is 0.